The molecule has 0 aliphatic carbocycles. The maximum atomic E-state index is 12.2. The maximum Gasteiger partial charge on any atom is 0.410 e. The van der Waals surface area contributed by atoms with Gasteiger partial charge in [-0.2, -0.15) is 0 Å². The van der Waals surface area contributed by atoms with Crippen LogP contribution in [0.5, 0.6) is 0 Å². The molecule has 1 amide bonds. The molecule has 1 N–H and O–H groups in total. The zero-order chi connectivity index (χ0) is 15.1. The number of carbonyl (C=O) groups excluding carboxylic acids is 1. The Hall–Kier alpha value is -1.30. The fourth-order valence-electron chi connectivity index (χ4n) is 3.31. The Morgan fingerprint density at radius 1 is 1.35 bits per heavy atom. The molecular formula is C14H24N2O4. The summed E-state index contributed by atoms with van der Waals surface area (Å²) in [7, 11) is 1.83. The summed E-state index contributed by atoms with van der Waals surface area (Å²) in [4.78, 5) is 27.4. The fourth-order valence-corrected chi connectivity index (χ4v) is 3.31. The van der Waals surface area contributed by atoms with Gasteiger partial charge in [0.15, 0.2) is 0 Å². The Morgan fingerprint density at radius 2 is 2.00 bits per heavy atom. The van der Waals surface area contributed by atoms with E-state index in [1.807, 2.05) is 32.7 Å². The molecule has 2 rings (SSSR count). The number of carbonyl (C=O) groups is 2. The first-order valence-corrected chi connectivity index (χ1v) is 7.09. The normalized spacial score (nSPS) is 31.0. The van der Waals surface area contributed by atoms with E-state index in [1.165, 1.54) is 0 Å². The minimum absolute atomic E-state index is 0.0220. The number of carboxylic acid groups (broad SMARTS) is 1. The van der Waals surface area contributed by atoms with Gasteiger partial charge in [-0.05, 0) is 47.2 Å². The number of carboxylic acids is 1. The molecule has 2 saturated heterocycles. The van der Waals surface area contributed by atoms with Crippen molar-refractivity contribution in [2.24, 2.45) is 5.92 Å². The van der Waals surface area contributed by atoms with Crippen molar-refractivity contribution in [3.63, 3.8) is 0 Å². The molecule has 2 fully saturated rings. The van der Waals surface area contributed by atoms with Crippen LogP contribution in [0.1, 0.15) is 33.6 Å². The van der Waals surface area contributed by atoms with Crippen LogP contribution in [0.15, 0.2) is 0 Å². The van der Waals surface area contributed by atoms with Crippen LogP contribution < -0.4 is 0 Å². The summed E-state index contributed by atoms with van der Waals surface area (Å²) in [5.74, 6) is -0.859. The molecule has 0 radical (unpaired) electrons. The molecule has 6 nitrogen and oxygen atoms in total. The standard InChI is InChI=1S/C14H24N2O4/c1-13(2,3)20-12(19)16-8-10-6-5-7-15(4)14(10,9-16)11(17)18/h10H,5-9H2,1-4H3,(H,17,18)/t10-,14-/m0/s1. The fraction of sp³-hybridized carbons (Fsp3) is 0.857. The van der Waals surface area contributed by atoms with E-state index in [0.717, 1.165) is 19.4 Å². The highest BCUT2D eigenvalue weighted by atomic mass is 16.6. The third-order valence-electron chi connectivity index (χ3n) is 4.30. The van der Waals surface area contributed by atoms with Gasteiger partial charge in [-0.3, -0.25) is 9.69 Å². The number of hydrogen-bond donors (Lipinski definition) is 1. The first-order valence-electron chi connectivity index (χ1n) is 7.09. The first kappa shape index (κ1) is 15.1. The molecule has 20 heavy (non-hydrogen) atoms. The van der Waals surface area contributed by atoms with E-state index in [9.17, 15) is 14.7 Å². The second kappa shape index (κ2) is 4.91. The molecule has 0 bridgehead atoms. The average molecular weight is 284 g/mol. The smallest absolute Gasteiger partial charge is 0.410 e. The minimum Gasteiger partial charge on any atom is -0.480 e. The molecule has 2 heterocycles. The highest BCUT2D eigenvalue weighted by molar-refractivity contribution is 5.82. The lowest BCUT2D eigenvalue weighted by Crippen LogP contribution is -2.61. The van der Waals surface area contributed by atoms with Crippen LogP contribution in [0.4, 0.5) is 4.79 Å². The van der Waals surface area contributed by atoms with Crippen molar-refractivity contribution in [1.29, 1.82) is 0 Å². The Labute approximate surface area is 119 Å². The van der Waals surface area contributed by atoms with Gasteiger partial charge in [0.1, 0.15) is 11.1 Å². The number of fused-ring (bicyclic) bond motifs is 1. The maximum absolute atomic E-state index is 12.2. The third-order valence-corrected chi connectivity index (χ3v) is 4.30. The summed E-state index contributed by atoms with van der Waals surface area (Å²) in [5.41, 5.74) is -1.51. The van der Waals surface area contributed by atoms with Crippen LogP contribution in [0.3, 0.4) is 0 Å². The molecule has 2 atom stereocenters. The molecule has 0 aromatic rings. The lowest BCUT2D eigenvalue weighted by atomic mass is 9.79. The molecule has 0 aromatic heterocycles. The SMILES string of the molecule is CN1CCC[C@H]2CN(C(=O)OC(C)(C)C)C[C@@]21C(=O)O. The van der Waals surface area contributed by atoms with Gasteiger partial charge in [-0.25, -0.2) is 4.79 Å². The van der Waals surface area contributed by atoms with Crippen molar-refractivity contribution < 1.29 is 19.4 Å². The number of aliphatic carboxylic acids is 1. The van der Waals surface area contributed by atoms with E-state index in [2.05, 4.69) is 0 Å². The second-order valence-corrected chi connectivity index (χ2v) is 6.85. The summed E-state index contributed by atoms with van der Waals surface area (Å²) in [6.07, 6.45) is 1.40. The largest absolute Gasteiger partial charge is 0.480 e. The number of piperidine rings is 1. The van der Waals surface area contributed by atoms with Crippen LogP contribution in [-0.2, 0) is 9.53 Å². The van der Waals surface area contributed by atoms with Gasteiger partial charge in [-0.1, -0.05) is 0 Å². The van der Waals surface area contributed by atoms with Gasteiger partial charge < -0.3 is 14.7 Å². The zero-order valence-electron chi connectivity index (χ0n) is 12.7. The average Bonchev–Trinajstić information content (AvgIpc) is 2.69. The molecule has 0 saturated carbocycles. The predicted octanol–water partition coefficient (Wildman–Crippen LogP) is 1.40. The molecule has 0 aromatic carbocycles. The quantitative estimate of drug-likeness (QED) is 0.788. The number of ether oxygens (including phenoxy) is 1. The van der Waals surface area contributed by atoms with Gasteiger partial charge in [-0.15, -0.1) is 0 Å². The Kier molecular flexibility index (Phi) is 3.71. The number of hydrogen-bond acceptors (Lipinski definition) is 4. The van der Waals surface area contributed by atoms with E-state index < -0.39 is 23.2 Å². The van der Waals surface area contributed by atoms with E-state index in [1.54, 1.807) is 4.90 Å². The minimum atomic E-state index is -0.949. The molecule has 6 heteroatoms. The zero-order valence-corrected chi connectivity index (χ0v) is 12.7. The van der Waals surface area contributed by atoms with Gasteiger partial charge >= 0.3 is 12.1 Å². The van der Waals surface area contributed by atoms with Gasteiger partial charge in [0.2, 0.25) is 0 Å². The van der Waals surface area contributed by atoms with Gasteiger partial charge in [0.05, 0.1) is 6.54 Å². The number of likely N-dealkylation sites (tertiary alicyclic amines) is 2. The number of rotatable bonds is 1. The molecule has 0 spiro atoms. The second-order valence-electron chi connectivity index (χ2n) is 6.85. The first-order chi connectivity index (χ1) is 9.17. The Balaban J connectivity index is 2.18. The third kappa shape index (κ3) is 2.49. The highest BCUT2D eigenvalue weighted by Gasteiger charge is 2.57. The van der Waals surface area contributed by atoms with Crippen molar-refractivity contribution >= 4 is 12.1 Å². The lowest BCUT2D eigenvalue weighted by Gasteiger charge is -2.42. The molecule has 2 aliphatic rings. The van der Waals surface area contributed by atoms with Gasteiger partial charge in [0, 0.05) is 12.5 Å². The highest BCUT2D eigenvalue weighted by Crippen LogP contribution is 2.39. The van der Waals surface area contributed by atoms with Crippen molar-refractivity contribution in [3.05, 3.63) is 0 Å². The number of likely N-dealkylation sites (N-methyl/N-ethyl adjacent to an activating group) is 1. The summed E-state index contributed by atoms with van der Waals surface area (Å²) >= 11 is 0. The van der Waals surface area contributed by atoms with Crippen LogP contribution in [-0.4, -0.2) is 64.8 Å². The molecule has 114 valence electrons. The van der Waals surface area contributed by atoms with Crippen molar-refractivity contribution in [3.8, 4) is 0 Å². The number of amides is 1. The van der Waals surface area contributed by atoms with Gasteiger partial charge in [0.25, 0.3) is 0 Å². The monoisotopic (exact) mass is 284 g/mol. The molecule has 0 unspecified atom stereocenters. The van der Waals surface area contributed by atoms with E-state index in [4.69, 9.17) is 4.74 Å². The molecular weight excluding hydrogens is 260 g/mol. The van der Waals surface area contributed by atoms with Crippen molar-refractivity contribution in [2.75, 3.05) is 26.7 Å². The van der Waals surface area contributed by atoms with Crippen LogP contribution in [0.2, 0.25) is 0 Å². The number of nitrogens with zero attached hydrogens (tertiary/aromatic N) is 2. The van der Waals surface area contributed by atoms with Crippen LogP contribution in [0.25, 0.3) is 0 Å². The summed E-state index contributed by atoms with van der Waals surface area (Å²) < 4.78 is 5.36. The van der Waals surface area contributed by atoms with E-state index in [0.29, 0.717) is 6.54 Å². The topological polar surface area (TPSA) is 70.1 Å². The Bertz CT molecular complexity index is 418. The van der Waals surface area contributed by atoms with Crippen molar-refractivity contribution in [1.82, 2.24) is 9.80 Å². The Morgan fingerprint density at radius 3 is 2.50 bits per heavy atom. The summed E-state index contributed by atoms with van der Waals surface area (Å²) in [6, 6.07) is 0. The van der Waals surface area contributed by atoms with E-state index in [-0.39, 0.29) is 12.5 Å². The predicted molar refractivity (Wildman–Crippen MR) is 73.5 cm³/mol. The van der Waals surface area contributed by atoms with Crippen LogP contribution in [0, 0.1) is 5.92 Å². The van der Waals surface area contributed by atoms with E-state index >= 15 is 0 Å². The van der Waals surface area contributed by atoms with Crippen LogP contribution >= 0.6 is 0 Å². The molecule has 2 aliphatic heterocycles. The summed E-state index contributed by atoms with van der Waals surface area (Å²) in [6.45, 7) is 6.86. The lowest BCUT2D eigenvalue weighted by molar-refractivity contribution is -0.154. The summed E-state index contributed by atoms with van der Waals surface area (Å²) in [5, 5.41) is 9.68. The van der Waals surface area contributed by atoms with Crippen molar-refractivity contribution in [2.45, 2.75) is 44.8 Å².